The summed E-state index contributed by atoms with van der Waals surface area (Å²) >= 11 is 0. The maximum absolute atomic E-state index is 12.5. The predicted molar refractivity (Wildman–Crippen MR) is 93.2 cm³/mol. The fraction of sp³-hybridized carbons (Fsp3) is 0.412. The van der Waals surface area contributed by atoms with Crippen LogP contribution in [0.2, 0.25) is 0 Å². The van der Waals surface area contributed by atoms with Crippen LogP contribution in [0.25, 0.3) is 5.69 Å². The van der Waals surface area contributed by atoms with Crippen molar-refractivity contribution >= 4 is 18.3 Å². The third-order valence-electron chi connectivity index (χ3n) is 4.42. The van der Waals surface area contributed by atoms with Gasteiger partial charge in [-0.15, -0.1) is 12.4 Å². The molecule has 2 atom stereocenters. The Labute approximate surface area is 143 Å². The van der Waals surface area contributed by atoms with E-state index in [2.05, 4.69) is 24.3 Å². The number of carbonyl (C=O) groups excluding carboxylic acids is 1. The van der Waals surface area contributed by atoms with Crippen LogP contribution < -0.4 is 5.32 Å². The van der Waals surface area contributed by atoms with Crippen LogP contribution in [-0.4, -0.2) is 45.8 Å². The zero-order valence-corrected chi connectivity index (χ0v) is 14.3. The average molecular weight is 335 g/mol. The first-order valence-electron chi connectivity index (χ1n) is 7.77. The summed E-state index contributed by atoms with van der Waals surface area (Å²) in [6.45, 7) is 5.89. The molecule has 0 bridgehead atoms. The molecule has 0 radical (unpaired) electrons. The molecule has 6 heteroatoms. The number of aromatic nitrogens is 2. The first-order valence-corrected chi connectivity index (χ1v) is 7.77. The van der Waals surface area contributed by atoms with E-state index in [1.165, 1.54) is 0 Å². The van der Waals surface area contributed by atoms with Gasteiger partial charge in [-0.1, -0.05) is 12.1 Å². The molecule has 1 fully saturated rings. The summed E-state index contributed by atoms with van der Waals surface area (Å²) in [7, 11) is 0. The fourth-order valence-electron chi connectivity index (χ4n) is 2.87. The largest absolute Gasteiger partial charge is 0.337 e. The zero-order chi connectivity index (χ0) is 15.5. The van der Waals surface area contributed by atoms with Gasteiger partial charge in [-0.3, -0.25) is 4.79 Å². The fourth-order valence-corrected chi connectivity index (χ4v) is 2.87. The van der Waals surface area contributed by atoms with Crippen LogP contribution in [-0.2, 0) is 11.2 Å². The van der Waals surface area contributed by atoms with E-state index in [0.29, 0.717) is 12.5 Å². The number of nitrogens with zero attached hydrogens (tertiary/aromatic N) is 3. The molecule has 124 valence electrons. The minimum Gasteiger partial charge on any atom is -0.337 e. The van der Waals surface area contributed by atoms with Crippen molar-refractivity contribution in [3.63, 3.8) is 0 Å². The first kappa shape index (κ1) is 17.5. The molecule has 1 amide bonds. The average Bonchev–Trinajstić information content (AvgIpc) is 3.05. The van der Waals surface area contributed by atoms with Crippen LogP contribution >= 0.6 is 12.4 Å². The number of hydrogen-bond acceptors (Lipinski definition) is 3. The van der Waals surface area contributed by atoms with Crippen molar-refractivity contribution in [1.82, 2.24) is 20.0 Å². The minimum absolute atomic E-state index is 0. The smallest absolute Gasteiger partial charge is 0.227 e. The van der Waals surface area contributed by atoms with E-state index in [4.69, 9.17) is 0 Å². The minimum atomic E-state index is 0. The maximum Gasteiger partial charge on any atom is 0.227 e. The molecular formula is C17H23ClN4O. The number of hydrogen-bond donors (Lipinski definition) is 1. The van der Waals surface area contributed by atoms with Gasteiger partial charge in [0.05, 0.1) is 12.1 Å². The van der Waals surface area contributed by atoms with Crippen LogP contribution in [0.1, 0.15) is 19.4 Å². The monoisotopic (exact) mass is 334 g/mol. The molecule has 2 heterocycles. The van der Waals surface area contributed by atoms with Gasteiger partial charge in [0.2, 0.25) is 5.91 Å². The highest BCUT2D eigenvalue weighted by Gasteiger charge is 2.27. The Morgan fingerprint density at radius 3 is 2.70 bits per heavy atom. The van der Waals surface area contributed by atoms with Crippen molar-refractivity contribution in [3.05, 3.63) is 48.3 Å². The van der Waals surface area contributed by atoms with E-state index in [0.717, 1.165) is 24.3 Å². The van der Waals surface area contributed by atoms with Crippen molar-refractivity contribution in [2.45, 2.75) is 32.4 Å². The summed E-state index contributed by atoms with van der Waals surface area (Å²) in [5.41, 5.74) is 2.05. The summed E-state index contributed by atoms with van der Waals surface area (Å²) in [4.78, 5) is 14.5. The molecule has 1 aromatic carbocycles. The molecule has 0 spiro atoms. The molecule has 1 aliphatic heterocycles. The molecule has 5 nitrogen and oxygen atoms in total. The number of nitrogens with one attached hydrogen (secondary N) is 1. The normalized spacial score (nSPS) is 20.9. The third-order valence-corrected chi connectivity index (χ3v) is 4.42. The molecule has 0 aliphatic carbocycles. The molecular weight excluding hydrogens is 312 g/mol. The number of carbonyl (C=O) groups is 1. The molecule has 2 aromatic rings. The molecule has 1 saturated heterocycles. The van der Waals surface area contributed by atoms with Crippen LogP contribution in [0.5, 0.6) is 0 Å². The van der Waals surface area contributed by atoms with Crippen molar-refractivity contribution < 1.29 is 4.79 Å². The second kappa shape index (κ2) is 7.62. The van der Waals surface area contributed by atoms with Crippen LogP contribution in [0, 0.1) is 0 Å². The Kier molecular flexibility index (Phi) is 5.80. The molecule has 1 aromatic heterocycles. The number of halogens is 1. The molecule has 1 aliphatic rings. The zero-order valence-electron chi connectivity index (χ0n) is 13.5. The lowest BCUT2D eigenvalue weighted by Crippen LogP contribution is -2.57. The number of benzene rings is 1. The van der Waals surface area contributed by atoms with E-state index in [1.807, 2.05) is 46.1 Å². The Morgan fingerprint density at radius 1 is 1.30 bits per heavy atom. The van der Waals surface area contributed by atoms with Gasteiger partial charge in [-0.25, -0.2) is 4.68 Å². The summed E-state index contributed by atoms with van der Waals surface area (Å²) in [6, 6.07) is 10.5. The lowest BCUT2D eigenvalue weighted by atomic mass is 10.0. The van der Waals surface area contributed by atoms with Gasteiger partial charge >= 0.3 is 0 Å². The Bertz CT molecular complexity index is 627. The lowest BCUT2D eigenvalue weighted by Gasteiger charge is -2.38. The molecule has 23 heavy (non-hydrogen) atoms. The van der Waals surface area contributed by atoms with Gasteiger partial charge in [-0.2, -0.15) is 5.10 Å². The Hall–Kier alpha value is -1.85. The van der Waals surface area contributed by atoms with Gasteiger partial charge in [0.1, 0.15) is 0 Å². The molecule has 0 saturated carbocycles. The summed E-state index contributed by atoms with van der Waals surface area (Å²) in [5.74, 6) is 0.202. The standard InChI is InChI=1S/C17H22N4O.ClH/c1-13-14(2)20(11-9-18-13)17(22)12-15-4-6-16(7-5-15)21-10-3-8-19-21;/h3-8,10,13-14,18H,9,11-12H2,1-2H3;1H. The maximum atomic E-state index is 12.5. The predicted octanol–water partition coefficient (Wildman–Crippen LogP) is 2.05. The van der Waals surface area contributed by atoms with Crippen molar-refractivity contribution in [2.24, 2.45) is 0 Å². The number of amides is 1. The van der Waals surface area contributed by atoms with E-state index in [9.17, 15) is 4.79 Å². The van der Waals surface area contributed by atoms with Gasteiger partial charge in [0, 0.05) is 37.6 Å². The topological polar surface area (TPSA) is 50.2 Å². The van der Waals surface area contributed by atoms with E-state index < -0.39 is 0 Å². The lowest BCUT2D eigenvalue weighted by molar-refractivity contribution is -0.134. The Balaban J connectivity index is 0.00000192. The quantitative estimate of drug-likeness (QED) is 0.934. The second-order valence-corrected chi connectivity index (χ2v) is 5.86. The van der Waals surface area contributed by atoms with Gasteiger partial charge in [0.15, 0.2) is 0 Å². The van der Waals surface area contributed by atoms with Crippen molar-refractivity contribution in [2.75, 3.05) is 13.1 Å². The first-order chi connectivity index (χ1) is 10.6. The highest BCUT2D eigenvalue weighted by atomic mass is 35.5. The van der Waals surface area contributed by atoms with E-state index in [-0.39, 0.29) is 24.4 Å². The number of rotatable bonds is 3. The van der Waals surface area contributed by atoms with Crippen LogP contribution in [0.4, 0.5) is 0 Å². The third kappa shape index (κ3) is 3.92. The van der Waals surface area contributed by atoms with Gasteiger partial charge in [-0.05, 0) is 37.6 Å². The summed E-state index contributed by atoms with van der Waals surface area (Å²) in [6.07, 6.45) is 4.12. The molecule has 1 N–H and O–H groups in total. The van der Waals surface area contributed by atoms with Crippen molar-refractivity contribution in [1.29, 1.82) is 0 Å². The molecule has 3 rings (SSSR count). The highest BCUT2D eigenvalue weighted by Crippen LogP contribution is 2.13. The van der Waals surface area contributed by atoms with Gasteiger partial charge in [0.25, 0.3) is 0 Å². The second-order valence-electron chi connectivity index (χ2n) is 5.86. The van der Waals surface area contributed by atoms with Gasteiger partial charge < -0.3 is 10.2 Å². The van der Waals surface area contributed by atoms with E-state index >= 15 is 0 Å². The SMILES string of the molecule is CC1NCCN(C(=O)Cc2ccc(-n3cccn3)cc2)C1C.Cl. The molecule has 2 unspecified atom stereocenters. The van der Waals surface area contributed by atoms with E-state index in [1.54, 1.807) is 6.20 Å². The Morgan fingerprint density at radius 2 is 2.04 bits per heavy atom. The van der Waals surface area contributed by atoms with Crippen LogP contribution in [0.15, 0.2) is 42.7 Å². The summed E-state index contributed by atoms with van der Waals surface area (Å²) in [5, 5.41) is 7.60. The van der Waals surface area contributed by atoms with Crippen LogP contribution in [0.3, 0.4) is 0 Å². The number of piperazine rings is 1. The van der Waals surface area contributed by atoms with Crippen molar-refractivity contribution in [3.8, 4) is 5.69 Å². The highest BCUT2D eigenvalue weighted by molar-refractivity contribution is 5.85. The summed E-state index contributed by atoms with van der Waals surface area (Å²) < 4.78 is 1.81.